The van der Waals surface area contributed by atoms with Gasteiger partial charge in [0.25, 0.3) is 5.91 Å². The minimum absolute atomic E-state index is 0.123. The molecule has 0 bridgehead atoms. The van der Waals surface area contributed by atoms with E-state index in [9.17, 15) is 22.8 Å². The number of fused-ring (bicyclic) bond motifs is 1. The van der Waals surface area contributed by atoms with Crippen LogP contribution < -0.4 is 10.6 Å². The lowest BCUT2D eigenvalue weighted by Gasteiger charge is -2.29. The molecule has 0 radical (unpaired) electrons. The van der Waals surface area contributed by atoms with Crippen LogP contribution >= 0.6 is 0 Å². The highest BCUT2D eigenvalue weighted by atomic mass is 19.4. The largest absolute Gasteiger partial charge is 0.416 e. The lowest BCUT2D eigenvalue weighted by atomic mass is 9.97. The second kappa shape index (κ2) is 11.0. The van der Waals surface area contributed by atoms with Gasteiger partial charge in [-0.25, -0.2) is 4.79 Å². The van der Waals surface area contributed by atoms with Crippen LogP contribution in [0.3, 0.4) is 0 Å². The molecule has 3 amide bonds. The molecule has 4 aromatic carbocycles. The van der Waals surface area contributed by atoms with Gasteiger partial charge in [-0.2, -0.15) is 13.2 Å². The number of amides is 3. The second-order valence-electron chi connectivity index (χ2n) is 9.37. The van der Waals surface area contributed by atoms with Crippen LogP contribution in [0.4, 0.5) is 23.7 Å². The number of urea groups is 1. The number of benzene rings is 4. The summed E-state index contributed by atoms with van der Waals surface area (Å²) < 4.78 is 38.9. The number of rotatable bonds is 5. The van der Waals surface area contributed by atoms with Crippen molar-refractivity contribution in [2.24, 2.45) is 0 Å². The number of carbonyl (C=O) groups is 2. The van der Waals surface area contributed by atoms with Crippen LogP contribution in [0.2, 0.25) is 0 Å². The monoisotopic (exact) mass is 529 g/mol. The molecule has 1 aliphatic heterocycles. The summed E-state index contributed by atoms with van der Waals surface area (Å²) in [5.41, 5.74) is 4.39. The van der Waals surface area contributed by atoms with Crippen molar-refractivity contribution in [2.45, 2.75) is 25.7 Å². The Kier molecular flexibility index (Phi) is 7.36. The third kappa shape index (κ3) is 6.12. The molecule has 198 valence electrons. The summed E-state index contributed by atoms with van der Waals surface area (Å²) in [6.07, 6.45) is -3.77. The number of alkyl halides is 3. The van der Waals surface area contributed by atoms with Gasteiger partial charge < -0.3 is 15.5 Å². The van der Waals surface area contributed by atoms with E-state index >= 15 is 0 Å². The minimum Gasteiger partial charge on any atom is -0.334 e. The smallest absolute Gasteiger partial charge is 0.334 e. The Balaban J connectivity index is 1.25. The summed E-state index contributed by atoms with van der Waals surface area (Å²) in [4.78, 5) is 27.6. The SMILES string of the molecule is O=C(Nc1ccc2c(c1)CCN(C(=O)NCc1ccccc1)C2)c1ccccc1-c1ccc(C(F)(F)F)cc1. The average Bonchev–Trinajstić information content (AvgIpc) is 2.95. The predicted molar refractivity (Wildman–Crippen MR) is 144 cm³/mol. The molecule has 0 fully saturated rings. The van der Waals surface area contributed by atoms with Gasteiger partial charge in [-0.1, -0.05) is 66.7 Å². The fraction of sp³-hybridized carbons (Fsp3) is 0.161. The van der Waals surface area contributed by atoms with E-state index in [0.29, 0.717) is 48.4 Å². The summed E-state index contributed by atoms with van der Waals surface area (Å²) in [5.74, 6) is -0.358. The van der Waals surface area contributed by atoms with Crippen molar-refractivity contribution in [3.05, 3.63) is 125 Å². The van der Waals surface area contributed by atoms with E-state index in [4.69, 9.17) is 0 Å². The number of hydrogen-bond donors (Lipinski definition) is 2. The Bertz CT molecular complexity index is 1490. The first-order chi connectivity index (χ1) is 18.8. The zero-order valence-corrected chi connectivity index (χ0v) is 21.0. The van der Waals surface area contributed by atoms with Crippen molar-refractivity contribution >= 4 is 17.6 Å². The number of halogens is 3. The van der Waals surface area contributed by atoms with Gasteiger partial charge in [0.1, 0.15) is 0 Å². The number of nitrogens with one attached hydrogen (secondary N) is 2. The van der Waals surface area contributed by atoms with Crippen LogP contribution in [0.15, 0.2) is 97.1 Å². The molecule has 1 aliphatic rings. The molecule has 0 saturated carbocycles. The van der Waals surface area contributed by atoms with Crippen LogP contribution in [0.1, 0.15) is 32.6 Å². The molecule has 5 nitrogen and oxygen atoms in total. The quantitative estimate of drug-likeness (QED) is 0.296. The van der Waals surface area contributed by atoms with Crippen molar-refractivity contribution in [3.8, 4) is 11.1 Å². The van der Waals surface area contributed by atoms with Gasteiger partial charge in [0.05, 0.1) is 5.56 Å². The molecule has 1 heterocycles. The number of carbonyl (C=O) groups excluding carboxylic acids is 2. The lowest BCUT2D eigenvalue weighted by Crippen LogP contribution is -2.42. The molecule has 0 spiro atoms. The minimum atomic E-state index is -4.43. The summed E-state index contributed by atoms with van der Waals surface area (Å²) in [6, 6.07) is 26.8. The number of nitrogens with zero attached hydrogens (tertiary/aromatic N) is 1. The molecular weight excluding hydrogens is 503 g/mol. The normalized spacial score (nSPS) is 12.9. The van der Waals surface area contributed by atoms with Crippen LogP contribution in [-0.4, -0.2) is 23.4 Å². The number of hydrogen-bond acceptors (Lipinski definition) is 2. The fourth-order valence-electron chi connectivity index (χ4n) is 4.66. The average molecular weight is 530 g/mol. The Labute approximate surface area is 224 Å². The van der Waals surface area contributed by atoms with Crippen molar-refractivity contribution in [1.29, 1.82) is 0 Å². The van der Waals surface area contributed by atoms with E-state index in [1.807, 2.05) is 42.5 Å². The predicted octanol–water partition coefficient (Wildman–Crippen LogP) is 6.89. The van der Waals surface area contributed by atoms with Crippen LogP contribution in [-0.2, 0) is 25.7 Å². The summed E-state index contributed by atoms with van der Waals surface area (Å²) in [7, 11) is 0. The van der Waals surface area contributed by atoms with Crippen molar-refractivity contribution in [1.82, 2.24) is 10.2 Å². The Morgan fingerprint density at radius 1 is 0.821 bits per heavy atom. The summed E-state index contributed by atoms with van der Waals surface area (Å²) in [6.45, 7) is 1.49. The van der Waals surface area contributed by atoms with Gasteiger partial charge >= 0.3 is 12.2 Å². The number of anilines is 1. The highest BCUT2D eigenvalue weighted by Crippen LogP contribution is 2.32. The van der Waals surface area contributed by atoms with Gasteiger partial charge in [0.2, 0.25) is 0 Å². The van der Waals surface area contributed by atoms with E-state index < -0.39 is 11.7 Å². The van der Waals surface area contributed by atoms with Crippen LogP contribution in [0.5, 0.6) is 0 Å². The van der Waals surface area contributed by atoms with Crippen molar-refractivity contribution in [3.63, 3.8) is 0 Å². The Hall–Kier alpha value is -4.59. The molecule has 0 aliphatic carbocycles. The van der Waals surface area contributed by atoms with Crippen molar-refractivity contribution in [2.75, 3.05) is 11.9 Å². The van der Waals surface area contributed by atoms with Gasteiger partial charge in [-0.15, -0.1) is 0 Å². The van der Waals surface area contributed by atoms with E-state index in [0.717, 1.165) is 28.8 Å². The lowest BCUT2D eigenvalue weighted by molar-refractivity contribution is -0.137. The van der Waals surface area contributed by atoms with Gasteiger partial charge in [0.15, 0.2) is 0 Å². The summed E-state index contributed by atoms with van der Waals surface area (Å²) in [5, 5.41) is 5.87. The first kappa shape index (κ1) is 26.0. The Morgan fingerprint density at radius 3 is 2.28 bits per heavy atom. The van der Waals surface area contributed by atoms with E-state index in [-0.39, 0.29) is 11.9 Å². The van der Waals surface area contributed by atoms with Gasteiger partial charge in [-0.05, 0) is 64.6 Å². The maximum absolute atomic E-state index is 13.2. The maximum atomic E-state index is 13.2. The molecule has 0 aromatic heterocycles. The molecule has 4 aromatic rings. The standard InChI is InChI=1S/C31H26F3N3O2/c32-31(33,34)25-13-10-22(11-14-25)27-8-4-5-9-28(27)29(38)36-26-15-12-24-20-37(17-16-23(24)18-26)30(39)35-19-21-6-2-1-3-7-21/h1-15,18H,16-17,19-20H2,(H,35,39)(H,36,38). The van der Waals surface area contributed by atoms with Crippen LogP contribution in [0.25, 0.3) is 11.1 Å². The van der Waals surface area contributed by atoms with Gasteiger partial charge in [-0.3, -0.25) is 4.79 Å². The second-order valence-corrected chi connectivity index (χ2v) is 9.37. The van der Waals surface area contributed by atoms with E-state index in [2.05, 4.69) is 10.6 Å². The molecule has 5 rings (SSSR count). The highest BCUT2D eigenvalue weighted by Gasteiger charge is 2.30. The first-order valence-corrected chi connectivity index (χ1v) is 12.5. The zero-order chi connectivity index (χ0) is 27.4. The topological polar surface area (TPSA) is 61.4 Å². The third-order valence-corrected chi connectivity index (χ3v) is 6.75. The van der Waals surface area contributed by atoms with Gasteiger partial charge in [0, 0.05) is 30.9 Å². The summed E-state index contributed by atoms with van der Waals surface area (Å²) >= 11 is 0. The van der Waals surface area contributed by atoms with Crippen LogP contribution in [0, 0.1) is 0 Å². The molecule has 0 unspecified atom stereocenters. The third-order valence-electron chi connectivity index (χ3n) is 6.75. The molecule has 2 N–H and O–H groups in total. The van der Waals surface area contributed by atoms with E-state index in [1.54, 1.807) is 35.2 Å². The molecule has 39 heavy (non-hydrogen) atoms. The first-order valence-electron chi connectivity index (χ1n) is 12.5. The molecular formula is C31H26F3N3O2. The van der Waals surface area contributed by atoms with E-state index in [1.165, 1.54) is 12.1 Å². The molecule has 8 heteroatoms. The molecule has 0 saturated heterocycles. The maximum Gasteiger partial charge on any atom is 0.416 e. The fourth-order valence-corrected chi connectivity index (χ4v) is 4.66. The molecule has 0 atom stereocenters. The zero-order valence-electron chi connectivity index (χ0n) is 21.0. The Morgan fingerprint density at radius 2 is 1.54 bits per heavy atom. The highest BCUT2D eigenvalue weighted by molar-refractivity contribution is 6.08. The van der Waals surface area contributed by atoms with Crippen molar-refractivity contribution < 1.29 is 22.8 Å².